The maximum Gasteiger partial charge on any atom is 0.305 e. The van der Waals surface area contributed by atoms with Crippen molar-refractivity contribution in [2.45, 2.75) is 32.6 Å². The van der Waals surface area contributed by atoms with Crippen LogP contribution in [-0.2, 0) is 19.1 Å². The van der Waals surface area contributed by atoms with Crippen molar-refractivity contribution in [3.8, 4) is 6.07 Å². The highest BCUT2D eigenvalue weighted by atomic mass is 16.5. The van der Waals surface area contributed by atoms with E-state index in [0.717, 1.165) is 90.5 Å². The van der Waals surface area contributed by atoms with Crippen LogP contribution in [0.3, 0.4) is 0 Å². The van der Waals surface area contributed by atoms with Gasteiger partial charge in [0, 0.05) is 78.2 Å². The summed E-state index contributed by atoms with van der Waals surface area (Å²) in [5.41, 5.74) is 0. The number of esters is 2. The zero-order valence-electron chi connectivity index (χ0n) is 32.6. The Balaban J connectivity index is 0.000000110. The molecule has 11 nitrogen and oxygen atoms in total. The van der Waals surface area contributed by atoms with Crippen LogP contribution in [0, 0.1) is 100 Å². The summed E-state index contributed by atoms with van der Waals surface area (Å²) in [6.07, 6.45) is 3.49. The highest BCUT2D eigenvalue weighted by Gasteiger charge is 2.57. The van der Waals surface area contributed by atoms with Gasteiger partial charge in [0.1, 0.15) is 0 Å². The number of carbonyl (C=O) groups excluding carboxylic acids is 2. The fourth-order valence-electron chi connectivity index (χ4n) is 11.4. The maximum atomic E-state index is 10.9. The Labute approximate surface area is 307 Å². The molecular weight excluding hydrogens is 644 g/mol. The second-order valence-electron chi connectivity index (χ2n) is 18.0. The second-order valence-corrected chi connectivity index (χ2v) is 18.0. The van der Waals surface area contributed by atoms with Crippen LogP contribution in [0.15, 0.2) is 0 Å². The largest absolute Gasteiger partial charge is 0.469 e. The lowest BCUT2D eigenvalue weighted by atomic mass is 10.2. The molecule has 0 amide bonds. The lowest BCUT2D eigenvalue weighted by Crippen LogP contribution is -2.20. The van der Waals surface area contributed by atoms with E-state index in [1.807, 2.05) is 0 Å². The molecule has 0 bridgehead atoms. The first kappa shape index (κ1) is 38.9. The number of aliphatic hydroxyl groups is 1. The summed E-state index contributed by atoms with van der Waals surface area (Å²) in [5.74, 6) is 12.5. The van der Waals surface area contributed by atoms with Gasteiger partial charge in [0.25, 0.3) is 0 Å². The van der Waals surface area contributed by atoms with E-state index in [1.165, 1.54) is 73.0 Å². The first-order valence-electron chi connectivity index (χ1n) is 20.1. The third-order valence-corrected chi connectivity index (χ3v) is 14.8. The van der Waals surface area contributed by atoms with Gasteiger partial charge in [0.15, 0.2) is 0 Å². The van der Waals surface area contributed by atoms with Crippen molar-refractivity contribution < 1.29 is 24.2 Å². The second kappa shape index (κ2) is 16.7. The van der Waals surface area contributed by atoms with Crippen molar-refractivity contribution in [2.75, 3.05) is 114 Å². The van der Waals surface area contributed by atoms with Crippen molar-refractivity contribution in [2.24, 2.45) is 88.8 Å². The van der Waals surface area contributed by atoms with Gasteiger partial charge in [-0.05, 0) is 130 Å². The molecule has 11 heteroatoms. The number of rotatable bonds is 7. The van der Waals surface area contributed by atoms with E-state index < -0.39 is 0 Å². The lowest BCUT2D eigenvalue weighted by molar-refractivity contribution is -0.142. The molecule has 10 unspecified atom stereocenters. The summed E-state index contributed by atoms with van der Waals surface area (Å²) in [6, 6.07) is 2.25. The van der Waals surface area contributed by atoms with E-state index >= 15 is 0 Å². The topological polar surface area (TPSA) is 122 Å². The van der Waals surface area contributed by atoms with Crippen LogP contribution in [0.5, 0.6) is 0 Å². The van der Waals surface area contributed by atoms with Crippen molar-refractivity contribution in [1.82, 2.24) is 24.9 Å². The van der Waals surface area contributed by atoms with Crippen LogP contribution in [0.4, 0.5) is 0 Å². The number of hydrogen-bond donors (Lipinski definition) is 2. The van der Waals surface area contributed by atoms with Crippen LogP contribution < -0.4 is 5.32 Å². The number of piperidine rings is 5. The van der Waals surface area contributed by atoms with E-state index in [1.54, 1.807) is 0 Å². The normalized spacial score (nSPS) is 44.0. The molecule has 5 saturated carbocycles. The fourth-order valence-corrected chi connectivity index (χ4v) is 11.4. The van der Waals surface area contributed by atoms with E-state index in [2.05, 4.69) is 75.6 Å². The fraction of sp³-hybridized carbons (Fsp3) is 0.925. The van der Waals surface area contributed by atoms with Gasteiger partial charge in [-0.1, -0.05) is 13.3 Å². The molecule has 10 aliphatic rings. The molecule has 0 aromatic rings. The number of nitriles is 1. The van der Waals surface area contributed by atoms with Crippen LogP contribution in [0.1, 0.15) is 32.6 Å². The SMILES string of the molecule is CCC1C2CN(C)CC12.CN1CC2C(CC#N)C2C1.CN1CC2C(CO)C2C1.COC(=O)CC1C2CN(C)CC12.COC(=O)CC1C2CNCC21. The molecule has 0 aromatic heterocycles. The van der Waals surface area contributed by atoms with Gasteiger partial charge in [0.05, 0.1) is 20.3 Å². The first-order chi connectivity index (χ1) is 24.5. The summed E-state index contributed by atoms with van der Waals surface area (Å²) in [4.78, 5) is 31.3. The van der Waals surface area contributed by atoms with E-state index in [-0.39, 0.29) is 11.9 Å². The molecule has 5 aliphatic heterocycles. The predicted molar refractivity (Wildman–Crippen MR) is 196 cm³/mol. The van der Waals surface area contributed by atoms with Gasteiger partial charge in [0.2, 0.25) is 0 Å². The molecule has 51 heavy (non-hydrogen) atoms. The number of ether oxygens (including phenoxy) is 2. The number of carbonyl (C=O) groups is 2. The number of fused-ring (bicyclic) bond motifs is 5. The summed E-state index contributed by atoms with van der Waals surface area (Å²) in [6.45, 7) is 15.0. The van der Waals surface area contributed by atoms with Gasteiger partial charge in [-0.2, -0.15) is 5.26 Å². The zero-order valence-corrected chi connectivity index (χ0v) is 32.6. The minimum Gasteiger partial charge on any atom is -0.469 e. The van der Waals surface area contributed by atoms with Gasteiger partial charge < -0.3 is 39.5 Å². The average molecular weight is 713 g/mol. The minimum absolute atomic E-state index is 0.0444. The summed E-state index contributed by atoms with van der Waals surface area (Å²) >= 11 is 0. The molecule has 288 valence electrons. The number of nitrogens with zero attached hydrogens (tertiary/aromatic N) is 5. The van der Waals surface area contributed by atoms with Crippen LogP contribution in [0.25, 0.3) is 0 Å². The molecule has 0 spiro atoms. The van der Waals surface area contributed by atoms with Crippen molar-refractivity contribution in [3.05, 3.63) is 0 Å². The average Bonchev–Trinajstić information content (AvgIpc) is 4.04. The van der Waals surface area contributed by atoms with Gasteiger partial charge in [-0.25, -0.2) is 0 Å². The third kappa shape index (κ3) is 9.29. The minimum atomic E-state index is -0.0515. The van der Waals surface area contributed by atoms with Gasteiger partial charge >= 0.3 is 11.9 Å². The van der Waals surface area contributed by atoms with E-state index in [4.69, 9.17) is 10.4 Å². The van der Waals surface area contributed by atoms with Crippen molar-refractivity contribution in [1.29, 1.82) is 5.26 Å². The molecule has 10 rings (SSSR count). The number of aliphatic hydroxyl groups excluding tert-OH is 1. The summed E-state index contributed by atoms with van der Waals surface area (Å²) in [7, 11) is 11.6. The highest BCUT2D eigenvalue weighted by molar-refractivity contribution is 5.70. The smallest absolute Gasteiger partial charge is 0.305 e. The quantitative estimate of drug-likeness (QED) is 0.378. The number of methoxy groups -OCH3 is 2. The molecule has 5 aliphatic carbocycles. The Morgan fingerprint density at radius 1 is 0.608 bits per heavy atom. The Hall–Kier alpha value is -1.81. The Bertz CT molecular complexity index is 1160. The number of likely N-dealkylation sites (tertiary alicyclic amines) is 4. The van der Waals surface area contributed by atoms with Gasteiger partial charge in [-0.3, -0.25) is 9.59 Å². The number of hydrogen-bond acceptors (Lipinski definition) is 11. The van der Waals surface area contributed by atoms with Crippen molar-refractivity contribution in [3.63, 3.8) is 0 Å². The molecule has 0 aromatic carbocycles. The van der Waals surface area contributed by atoms with Crippen LogP contribution >= 0.6 is 0 Å². The third-order valence-electron chi connectivity index (χ3n) is 14.8. The maximum absolute atomic E-state index is 10.9. The lowest BCUT2D eigenvalue weighted by Gasteiger charge is -2.11. The standard InChI is InChI=1S/C9H15NO2.C8H12N2.C8H13NO2.C8H15N.C7H13NO/c1-10-4-7-6(8(7)5-10)3-9(11)12-2;1-10-4-7-6(2-3-9)8(7)5-10;1-11-8(10)2-5-6-3-9-4-7(5)6;1-3-6-7-4-9(2)5-8(6)7;1-8-2-5-6(3-8)7(5)4-9/h6-8H,3-5H2,1-2H3;6-8H,2,4-5H2,1H3;5-7,9H,2-4H2,1H3;6-8H,3-5H2,1-2H3;5-7,9H,2-4H2,1H3. The van der Waals surface area contributed by atoms with Gasteiger partial charge in [-0.15, -0.1) is 0 Å². The molecule has 5 saturated heterocycles. The van der Waals surface area contributed by atoms with Crippen LogP contribution in [-0.4, -0.2) is 151 Å². The molecule has 5 heterocycles. The monoisotopic (exact) mass is 713 g/mol. The molecule has 2 N–H and O–H groups in total. The number of nitrogens with one attached hydrogen (secondary N) is 1. The molecule has 0 radical (unpaired) electrons. The predicted octanol–water partition coefficient (Wildman–Crippen LogP) is 2.07. The van der Waals surface area contributed by atoms with Crippen molar-refractivity contribution >= 4 is 11.9 Å². The van der Waals surface area contributed by atoms with E-state index in [9.17, 15) is 9.59 Å². The Kier molecular flexibility index (Phi) is 12.7. The first-order valence-corrected chi connectivity index (χ1v) is 20.1. The van der Waals surface area contributed by atoms with E-state index in [0.29, 0.717) is 37.2 Å². The Morgan fingerprint density at radius 3 is 1.27 bits per heavy atom. The summed E-state index contributed by atoms with van der Waals surface area (Å²) in [5, 5.41) is 20.5. The van der Waals surface area contributed by atoms with Crippen LogP contribution in [0.2, 0.25) is 0 Å². The Morgan fingerprint density at radius 2 is 0.941 bits per heavy atom. The molecule has 10 fully saturated rings. The molecular formula is C40H68N6O5. The molecule has 10 atom stereocenters. The summed E-state index contributed by atoms with van der Waals surface area (Å²) < 4.78 is 9.25. The zero-order chi connectivity index (χ0) is 36.6. The highest BCUT2D eigenvalue weighted by Crippen LogP contribution is 2.55.